The van der Waals surface area contributed by atoms with Gasteiger partial charge in [-0.05, 0) is 30.3 Å². The number of nitrogens with zero attached hydrogens (tertiary/aromatic N) is 2. The lowest BCUT2D eigenvalue weighted by molar-refractivity contribution is -0.384. The molecule has 0 saturated carbocycles. The summed E-state index contributed by atoms with van der Waals surface area (Å²) < 4.78 is 1.73. The highest BCUT2D eigenvalue weighted by Crippen LogP contribution is 2.26. The van der Waals surface area contributed by atoms with Crippen LogP contribution in [-0.4, -0.2) is 15.3 Å². The van der Waals surface area contributed by atoms with Crippen molar-refractivity contribution in [1.29, 1.82) is 0 Å². The van der Waals surface area contributed by atoms with E-state index in [1.807, 2.05) is 12.1 Å². The van der Waals surface area contributed by atoms with Gasteiger partial charge < -0.3 is 4.57 Å². The number of carbonyl (C=O) groups is 1. The first-order chi connectivity index (χ1) is 11.1. The molecule has 5 nitrogen and oxygen atoms in total. The van der Waals surface area contributed by atoms with Crippen molar-refractivity contribution >= 4 is 23.1 Å². The summed E-state index contributed by atoms with van der Waals surface area (Å²) in [6.45, 7) is 0. The van der Waals surface area contributed by atoms with Crippen molar-refractivity contribution < 1.29 is 9.72 Å². The van der Waals surface area contributed by atoms with E-state index >= 15 is 0 Å². The summed E-state index contributed by atoms with van der Waals surface area (Å²) in [5.74, 6) is -0.358. The molecule has 0 aliphatic rings. The summed E-state index contributed by atoms with van der Waals surface area (Å²) in [6.07, 6.45) is 3.54. The Hall–Kier alpha value is -2.92. The van der Waals surface area contributed by atoms with Crippen molar-refractivity contribution in [2.24, 2.45) is 0 Å². The second-order valence-electron chi connectivity index (χ2n) is 4.86. The topological polar surface area (TPSA) is 65.1 Å². The van der Waals surface area contributed by atoms with Gasteiger partial charge in [-0.1, -0.05) is 23.7 Å². The second-order valence-corrected chi connectivity index (χ2v) is 5.27. The Balaban J connectivity index is 2.19. The number of benzene rings is 2. The van der Waals surface area contributed by atoms with Crippen LogP contribution in [0.5, 0.6) is 0 Å². The van der Waals surface area contributed by atoms with Crippen LogP contribution in [0.15, 0.2) is 67.0 Å². The Kier molecular flexibility index (Phi) is 3.95. The lowest BCUT2D eigenvalue weighted by Crippen LogP contribution is -2.08. The summed E-state index contributed by atoms with van der Waals surface area (Å²) in [4.78, 5) is 23.4. The van der Waals surface area contributed by atoms with E-state index in [-0.39, 0.29) is 17.0 Å². The fourth-order valence-electron chi connectivity index (χ4n) is 2.33. The number of carbonyl (C=O) groups excluding carboxylic acids is 1. The van der Waals surface area contributed by atoms with E-state index in [0.717, 1.165) is 0 Å². The quantitative estimate of drug-likeness (QED) is 0.408. The molecule has 23 heavy (non-hydrogen) atoms. The molecule has 0 amide bonds. The molecule has 0 bridgehead atoms. The summed E-state index contributed by atoms with van der Waals surface area (Å²) >= 11 is 6.09. The van der Waals surface area contributed by atoms with Gasteiger partial charge in [0.25, 0.3) is 5.69 Å². The Morgan fingerprint density at radius 1 is 1.00 bits per heavy atom. The van der Waals surface area contributed by atoms with Gasteiger partial charge in [-0.3, -0.25) is 14.9 Å². The molecule has 0 radical (unpaired) electrons. The molecule has 0 N–H and O–H groups in total. The number of non-ortho nitro benzene ring substituents is 1. The highest BCUT2D eigenvalue weighted by molar-refractivity contribution is 6.35. The van der Waals surface area contributed by atoms with Crippen LogP contribution in [0.1, 0.15) is 15.9 Å². The molecule has 0 unspecified atom stereocenters. The molecule has 0 atom stereocenters. The maximum absolute atomic E-state index is 12.8. The Labute approximate surface area is 136 Å². The average molecular weight is 327 g/mol. The van der Waals surface area contributed by atoms with Gasteiger partial charge in [-0.15, -0.1) is 0 Å². The Bertz CT molecular complexity index is 889. The second kappa shape index (κ2) is 6.06. The molecular weight excluding hydrogens is 316 g/mol. The van der Waals surface area contributed by atoms with Crippen molar-refractivity contribution in [3.05, 3.63) is 93.3 Å². The standard InChI is InChI=1S/C17H11ClN2O3/c18-15-6-2-1-5-13(15)17(21)14-11-12(20(22)23)7-8-16(14)19-9-3-4-10-19/h1-11H. The van der Waals surface area contributed by atoms with E-state index in [0.29, 0.717) is 16.3 Å². The first-order valence-corrected chi connectivity index (χ1v) is 7.17. The molecule has 1 heterocycles. The molecule has 1 aromatic heterocycles. The molecular formula is C17H11ClN2O3. The minimum atomic E-state index is -0.525. The highest BCUT2D eigenvalue weighted by Gasteiger charge is 2.20. The fraction of sp³-hybridized carbons (Fsp3) is 0. The summed E-state index contributed by atoms with van der Waals surface area (Å²) in [5, 5.41) is 11.3. The van der Waals surface area contributed by atoms with E-state index < -0.39 is 4.92 Å². The van der Waals surface area contributed by atoms with E-state index in [1.165, 1.54) is 12.1 Å². The average Bonchev–Trinajstić information content (AvgIpc) is 3.08. The maximum Gasteiger partial charge on any atom is 0.270 e. The van der Waals surface area contributed by atoms with Crippen LogP contribution >= 0.6 is 11.6 Å². The lowest BCUT2D eigenvalue weighted by atomic mass is 10.0. The minimum absolute atomic E-state index is 0.142. The number of halogens is 1. The van der Waals surface area contributed by atoms with Crippen molar-refractivity contribution in [1.82, 2.24) is 4.57 Å². The minimum Gasteiger partial charge on any atom is -0.323 e. The van der Waals surface area contributed by atoms with Gasteiger partial charge in [0.1, 0.15) is 0 Å². The number of aromatic nitrogens is 1. The molecule has 0 aliphatic heterocycles. The lowest BCUT2D eigenvalue weighted by Gasteiger charge is -2.11. The molecule has 0 fully saturated rings. The molecule has 3 rings (SSSR count). The first kappa shape index (κ1) is 15.0. The third-order valence-electron chi connectivity index (χ3n) is 3.44. The number of hydrogen-bond acceptors (Lipinski definition) is 3. The molecule has 0 saturated heterocycles. The van der Waals surface area contributed by atoms with Gasteiger partial charge in [0.05, 0.1) is 21.2 Å². The highest BCUT2D eigenvalue weighted by atomic mass is 35.5. The third-order valence-corrected chi connectivity index (χ3v) is 3.77. The normalized spacial score (nSPS) is 10.5. The van der Waals surface area contributed by atoms with Crippen LogP contribution in [0.2, 0.25) is 5.02 Å². The molecule has 6 heteroatoms. The third kappa shape index (κ3) is 2.86. The maximum atomic E-state index is 12.8. The van der Waals surface area contributed by atoms with Crippen LogP contribution in [0.25, 0.3) is 5.69 Å². The summed E-state index contributed by atoms with van der Waals surface area (Å²) in [5.41, 5.74) is 0.952. The van der Waals surface area contributed by atoms with E-state index in [2.05, 4.69) is 0 Å². The molecule has 2 aromatic carbocycles. The van der Waals surface area contributed by atoms with Gasteiger partial charge in [-0.25, -0.2) is 0 Å². The predicted octanol–water partition coefficient (Wildman–Crippen LogP) is 4.27. The van der Waals surface area contributed by atoms with Gasteiger partial charge in [0.15, 0.2) is 5.78 Å². The van der Waals surface area contributed by atoms with Crippen molar-refractivity contribution in [3.8, 4) is 5.69 Å². The Morgan fingerprint density at radius 2 is 1.70 bits per heavy atom. The molecule has 114 valence electrons. The zero-order valence-corrected chi connectivity index (χ0v) is 12.6. The van der Waals surface area contributed by atoms with Gasteiger partial charge >= 0.3 is 0 Å². The fourth-order valence-corrected chi connectivity index (χ4v) is 2.55. The number of ketones is 1. The first-order valence-electron chi connectivity index (χ1n) is 6.79. The predicted molar refractivity (Wildman–Crippen MR) is 87.3 cm³/mol. The van der Waals surface area contributed by atoms with Crippen LogP contribution < -0.4 is 0 Å². The van der Waals surface area contributed by atoms with E-state index in [1.54, 1.807) is 47.3 Å². The SMILES string of the molecule is O=C(c1ccccc1Cl)c1cc([N+](=O)[O-])ccc1-n1cccc1. The monoisotopic (exact) mass is 326 g/mol. The van der Waals surface area contributed by atoms with Crippen LogP contribution in [0.4, 0.5) is 5.69 Å². The number of nitro groups is 1. The van der Waals surface area contributed by atoms with Crippen molar-refractivity contribution in [2.75, 3.05) is 0 Å². The smallest absolute Gasteiger partial charge is 0.270 e. The molecule has 0 aliphatic carbocycles. The van der Waals surface area contributed by atoms with Crippen LogP contribution in [0.3, 0.4) is 0 Å². The van der Waals surface area contributed by atoms with E-state index in [9.17, 15) is 14.9 Å². The number of rotatable bonds is 4. The summed E-state index contributed by atoms with van der Waals surface area (Å²) in [7, 11) is 0. The number of nitro benzene ring substituents is 1. The number of hydrogen-bond donors (Lipinski definition) is 0. The van der Waals surface area contributed by atoms with Gasteiger partial charge in [-0.2, -0.15) is 0 Å². The molecule has 0 spiro atoms. The molecule has 3 aromatic rings. The largest absolute Gasteiger partial charge is 0.323 e. The van der Waals surface area contributed by atoms with Crippen molar-refractivity contribution in [3.63, 3.8) is 0 Å². The summed E-state index contributed by atoms with van der Waals surface area (Å²) in [6, 6.07) is 14.5. The van der Waals surface area contributed by atoms with Gasteiger partial charge in [0.2, 0.25) is 0 Å². The zero-order chi connectivity index (χ0) is 16.4. The van der Waals surface area contributed by atoms with Crippen LogP contribution in [-0.2, 0) is 0 Å². The van der Waals surface area contributed by atoms with Gasteiger partial charge in [0, 0.05) is 30.1 Å². The van der Waals surface area contributed by atoms with E-state index in [4.69, 9.17) is 11.6 Å². The zero-order valence-electron chi connectivity index (χ0n) is 11.8. The van der Waals surface area contributed by atoms with Crippen molar-refractivity contribution in [2.45, 2.75) is 0 Å². The van der Waals surface area contributed by atoms with Crippen LogP contribution in [0, 0.1) is 10.1 Å². The Morgan fingerprint density at radius 3 is 2.35 bits per heavy atom.